The first-order valence-corrected chi connectivity index (χ1v) is 6.94. The zero-order valence-corrected chi connectivity index (χ0v) is 12.6. The van der Waals surface area contributed by atoms with Crippen molar-refractivity contribution in [2.24, 2.45) is 0 Å². The average molecular weight is 308 g/mol. The number of hydrogen-bond acceptors (Lipinski definition) is 5. The van der Waals surface area contributed by atoms with Crippen LogP contribution in [0.2, 0.25) is 0 Å². The lowest BCUT2D eigenvalue weighted by Crippen LogP contribution is -2.38. The number of carbonyl (C=O) groups excluding carboxylic acids is 3. The summed E-state index contributed by atoms with van der Waals surface area (Å²) in [4.78, 5) is 34.5. The fourth-order valence-corrected chi connectivity index (χ4v) is 1.58. The predicted molar refractivity (Wildman–Crippen MR) is 79.4 cm³/mol. The number of phenols is 1. The number of aromatic hydroxyl groups is 1. The van der Waals surface area contributed by atoms with Crippen LogP contribution in [0.1, 0.15) is 29.3 Å². The van der Waals surface area contributed by atoms with Crippen LogP contribution in [0.4, 0.5) is 0 Å². The fraction of sp³-hybridized carbons (Fsp3) is 0.400. The monoisotopic (exact) mass is 308 g/mol. The van der Waals surface area contributed by atoms with Gasteiger partial charge in [-0.1, -0.05) is 18.6 Å². The molecule has 0 aliphatic rings. The molecule has 0 fully saturated rings. The number of esters is 1. The number of hydrogen-bond donors (Lipinski definition) is 3. The van der Waals surface area contributed by atoms with Gasteiger partial charge in [-0.3, -0.25) is 9.59 Å². The largest absolute Gasteiger partial charge is 0.507 e. The average Bonchev–Trinajstić information content (AvgIpc) is 2.50. The molecule has 7 heteroatoms. The summed E-state index contributed by atoms with van der Waals surface area (Å²) in [6.45, 7) is 3.52. The summed E-state index contributed by atoms with van der Waals surface area (Å²) in [6, 6.07) is 4.49. The van der Waals surface area contributed by atoms with E-state index in [9.17, 15) is 19.5 Å². The van der Waals surface area contributed by atoms with Gasteiger partial charge in [-0.15, -0.1) is 0 Å². The van der Waals surface area contributed by atoms with Crippen LogP contribution in [0.15, 0.2) is 18.2 Å². The fourth-order valence-electron chi connectivity index (χ4n) is 1.58. The van der Waals surface area contributed by atoms with Gasteiger partial charge in [0.1, 0.15) is 11.3 Å². The Morgan fingerprint density at radius 3 is 2.59 bits per heavy atom. The highest BCUT2D eigenvalue weighted by Gasteiger charge is 2.14. The third-order valence-electron chi connectivity index (χ3n) is 2.72. The molecule has 120 valence electrons. The summed E-state index contributed by atoms with van der Waals surface area (Å²) in [6.07, 6.45) is 0.803. The van der Waals surface area contributed by atoms with Gasteiger partial charge in [0.2, 0.25) is 5.91 Å². The Morgan fingerprint density at radius 2 is 1.91 bits per heavy atom. The van der Waals surface area contributed by atoms with Crippen LogP contribution in [0.3, 0.4) is 0 Å². The van der Waals surface area contributed by atoms with Crippen LogP contribution >= 0.6 is 0 Å². The number of phenolic OH excluding ortho intramolecular Hbond substituents is 1. The number of benzene rings is 1. The summed E-state index contributed by atoms with van der Waals surface area (Å²) in [5.41, 5.74) is 0.773. The van der Waals surface area contributed by atoms with Gasteiger partial charge in [-0.2, -0.15) is 0 Å². The van der Waals surface area contributed by atoms with Crippen molar-refractivity contribution in [1.29, 1.82) is 0 Å². The van der Waals surface area contributed by atoms with Gasteiger partial charge in [-0.25, -0.2) is 4.79 Å². The van der Waals surface area contributed by atoms with Gasteiger partial charge >= 0.3 is 5.97 Å². The SMILES string of the molecule is CCCNC(=O)CNC(=O)COC(=O)c1cc(C)ccc1O. The van der Waals surface area contributed by atoms with E-state index in [4.69, 9.17) is 4.74 Å². The molecule has 0 aliphatic carbocycles. The van der Waals surface area contributed by atoms with E-state index in [0.29, 0.717) is 6.54 Å². The highest BCUT2D eigenvalue weighted by molar-refractivity contribution is 5.94. The molecule has 22 heavy (non-hydrogen) atoms. The van der Waals surface area contributed by atoms with Gasteiger partial charge in [0, 0.05) is 6.54 Å². The molecule has 0 unspecified atom stereocenters. The van der Waals surface area contributed by atoms with Crippen molar-refractivity contribution >= 4 is 17.8 Å². The van der Waals surface area contributed by atoms with Crippen molar-refractivity contribution < 1.29 is 24.2 Å². The Morgan fingerprint density at radius 1 is 1.18 bits per heavy atom. The molecule has 7 nitrogen and oxygen atoms in total. The first-order valence-electron chi connectivity index (χ1n) is 6.94. The Kier molecular flexibility index (Phi) is 6.88. The van der Waals surface area contributed by atoms with Gasteiger partial charge in [0.25, 0.3) is 5.91 Å². The summed E-state index contributed by atoms with van der Waals surface area (Å²) < 4.78 is 4.80. The molecule has 2 amide bonds. The minimum Gasteiger partial charge on any atom is -0.507 e. The maximum absolute atomic E-state index is 11.8. The molecule has 1 aromatic carbocycles. The van der Waals surface area contributed by atoms with Crippen LogP contribution in [0.25, 0.3) is 0 Å². The second-order valence-electron chi connectivity index (χ2n) is 4.72. The smallest absolute Gasteiger partial charge is 0.342 e. The van der Waals surface area contributed by atoms with Gasteiger partial charge in [0.05, 0.1) is 6.54 Å². The predicted octanol–water partition coefficient (Wildman–Crippen LogP) is 0.500. The molecule has 0 saturated heterocycles. The molecular weight excluding hydrogens is 288 g/mol. The standard InChI is InChI=1S/C15H20N2O5/c1-3-6-16-13(19)8-17-14(20)9-22-15(21)11-7-10(2)4-5-12(11)18/h4-5,7,18H,3,6,8-9H2,1-2H3,(H,16,19)(H,17,20). The van der Waals surface area contributed by atoms with E-state index >= 15 is 0 Å². The molecule has 0 radical (unpaired) electrons. The zero-order valence-electron chi connectivity index (χ0n) is 12.6. The highest BCUT2D eigenvalue weighted by Crippen LogP contribution is 2.18. The maximum atomic E-state index is 11.8. The number of rotatable bonds is 7. The second kappa shape index (κ2) is 8.66. The van der Waals surface area contributed by atoms with E-state index in [2.05, 4.69) is 10.6 Å². The first kappa shape index (κ1) is 17.5. The molecule has 0 atom stereocenters. The molecule has 1 rings (SSSR count). The van der Waals surface area contributed by atoms with Crippen LogP contribution in [-0.4, -0.2) is 42.6 Å². The molecule has 3 N–H and O–H groups in total. The van der Waals surface area contributed by atoms with Crippen molar-refractivity contribution in [2.75, 3.05) is 19.7 Å². The van der Waals surface area contributed by atoms with Crippen molar-refractivity contribution in [3.8, 4) is 5.75 Å². The Balaban J connectivity index is 2.39. The summed E-state index contributed by atoms with van der Waals surface area (Å²) in [7, 11) is 0. The number of amides is 2. The summed E-state index contributed by atoms with van der Waals surface area (Å²) >= 11 is 0. The molecule has 0 spiro atoms. The van der Waals surface area contributed by atoms with E-state index in [1.165, 1.54) is 12.1 Å². The van der Waals surface area contributed by atoms with Crippen molar-refractivity contribution in [2.45, 2.75) is 20.3 Å². The summed E-state index contributed by atoms with van der Waals surface area (Å²) in [5.74, 6) is -1.91. The van der Waals surface area contributed by atoms with Crippen molar-refractivity contribution in [1.82, 2.24) is 10.6 Å². The number of carbonyl (C=O) groups is 3. The second-order valence-corrected chi connectivity index (χ2v) is 4.72. The zero-order chi connectivity index (χ0) is 16.5. The van der Waals surface area contributed by atoms with Crippen molar-refractivity contribution in [3.05, 3.63) is 29.3 Å². The highest BCUT2D eigenvalue weighted by atomic mass is 16.5. The van der Waals surface area contributed by atoms with Crippen molar-refractivity contribution in [3.63, 3.8) is 0 Å². The molecule has 0 aliphatic heterocycles. The minimum atomic E-state index is -0.799. The summed E-state index contributed by atoms with van der Waals surface area (Å²) in [5, 5.41) is 14.5. The molecular formula is C15H20N2O5. The number of aryl methyl sites for hydroxylation is 1. The molecule has 0 aromatic heterocycles. The first-order chi connectivity index (χ1) is 10.4. The normalized spacial score (nSPS) is 9.91. The lowest BCUT2D eigenvalue weighted by molar-refractivity contribution is -0.127. The van der Waals surface area contributed by atoms with Crippen LogP contribution in [0, 0.1) is 6.92 Å². The van der Waals surface area contributed by atoms with E-state index in [-0.39, 0.29) is 23.8 Å². The van der Waals surface area contributed by atoms with E-state index < -0.39 is 18.5 Å². The minimum absolute atomic E-state index is 0.00603. The van der Waals surface area contributed by atoms with Crippen LogP contribution in [0.5, 0.6) is 5.75 Å². The van der Waals surface area contributed by atoms with Crippen LogP contribution in [-0.2, 0) is 14.3 Å². The van der Waals surface area contributed by atoms with E-state index in [1.54, 1.807) is 13.0 Å². The lowest BCUT2D eigenvalue weighted by atomic mass is 10.1. The molecule has 0 heterocycles. The Bertz CT molecular complexity index is 557. The topological polar surface area (TPSA) is 105 Å². The quantitative estimate of drug-likeness (QED) is 0.636. The molecule has 0 saturated carbocycles. The van der Waals surface area contributed by atoms with Gasteiger partial charge in [-0.05, 0) is 25.5 Å². The Hall–Kier alpha value is -2.57. The maximum Gasteiger partial charge on any atom is 0.342 e. The van der Waals surface area contributed by atoms with Gasteiger partial charge in [0.15, 0.2) is 6.61 Å². The van der Waals surface area contributed by atoms with E-state index in [1.807, 2.05) is 6.92 Å². The molecule has 0 bridgehead atoms. The Labute approximate surface area is 128 Å². The molecule has 1 aromatic rings. The van der Waals surface area contributed by atoms with E-state index in [0.717, 1.165) is 12.0 Å². The number of ether oxygens (including phenoxy) is 1. The van der Waals surface area contributed by atoms with Gasteiger partial charge < -0.3 is 20.5 Å². The number of nitrogens with one attached hydrogen (secondary N) is 2. The lowest BCUT2D eigenvalue weighted by Gasteiger charge is -2.08. The third kappa shape index (κ3) is 5.82. The van der Waals surface area contributed by atoms with Crippen LogP contribution < -0.4 is 10.6 Å². The third-order valence-corrected chi connectivity index (χ3v) is 2.72.